The first-order chi connectivity index (χ1) is 17.9. The van der Waals surface area contributed by atoms with Crippen molar-refractivity contribution >= 4 is 21.6 Å². The Kier molecular flexibility index (Phi) is 6.91. The van der Waals surface area contributed by atoms with E-state index in [0.29, 0.717) is 37.8 Å². The van der Waals surface area contributed by atoms with E-state index in [0.717, 1.165) is 29.9 Å². The number of rotatable bonds is 8. The number of hydrogen-bond donors (Lipinski definition) is 1. The molecule has 7 rings (SSSR count). The Balaban J connectivity index is 0.990. The maximum Gasteiger partial charge on any atom is 0.227 e. The van der Waals surface area contributed by atoms with Crippen molar-refractivity contribution in [3.63, 3.8) is 0 Å². The molecule has 5 aliphatic rings. The van der Waals surface area contributed by atoms with Crippen molar-refractivity contribution in [2.24, 2.45) is 23.7 Å². The van der Waals surface area contributed by atoms with Gasteiger partial charge in [-0.1, -0.05) is 42.5 Å². The summed E-state index contributed by atoms with van der Waals surface area (Å²) in [5.41, 5.74) is 3.86. The molecule has 5 nitrogen and oxygen atoms in total. The molecule has 0 unspecified atom stereocenters. The zero-order chi connectivity index (χ0) is 25.5. The standard InChI is InChI=1S/C31H40N2O3S/c34-30(27-12-14-33(15-13-27)37(35,36)16-4-7-23-5-2-1-3-6-23)32-29-10-8-28(9-11-29)31-20-24-17-25(21-31)19-26(18-24)22-31/h1-3,5-6,8-11,24-27H,4,7,12-22H2,(H,32,34). The normalized spacial score (nSPS) is 29.9. The predicted molar refractivity (Wildman–Crippen MR) is 148 cm³/mol. The fraction of sp³-hybridized carbons (Fsp3) is 0.581. The quantitative estimate of drug-likeness (QED) is 0.481. The Morgan fingerprint density at radius 3 is 2.05 bits per heavy atom. The first kappa shape index (κ1) is 25.1. The van der Waals surface area contributed by atoms with Crippen LogP contribution in [0.2, 0.25) is 0 Å². The van der Waals surface area contributed by atoms with Gasteiger partial charge in [-0.15, -0.1) is 0 Å². The van der Waals surface area contributed by atoms with E-state index in [1.807, 2.05) is 30.3 Å². The Bertz CT molecular complexity index is 1170. The summed E-state index contributed by atoms with van der Waals surface area (Å²) in [5, 5.41) is 3.11. The van der Waals surface area contributed by atoms with Gasteiger partial charge < -0.3 is 5.32 Å². The van der Waals surface area contributed by atoms with Crippen molar-refractivity contribution in [2.45, 2.75) is 69.6 Å². The van der Waals surface area contributed by atoms with Gasteiger partial charge in [-0.05, 0) is 111 Å². The van der Waals surface area contributed by atoms with Crippen molar-refractivity contribution in [3.8, 4) is 0 Å². The third kappa shape index (κ3) is 5.37. The monoisotopic (exact) mass is 520 g/mol. The van der Waals surface area contributed by atoms with Gasteiger partial charge in [0.15, 0.2) is 0 Å². The fourth-order valence-corrected chi connectivity index (χ4v) is 9.78. The zero-order valence-corrected chi connectivity index (χ0v) is 22.6. The average Bonchev–Trinajstić information content (AvgIpc) is 2.89. The molecule has 1 aliphatic heterocycles. The molecule has 1 heterocycles. The molecule has 2 aromatic rings. The van der Waals surface area contributed by atoms with Crippen LogP contribution in [-0.4, -0.2) is 37.5 Å². The first-order valence-electron chi connectivity index (χ1n) is 14.3. The SMILES string of the molecule is O=C(Nc1ccc(C23CC4CC(CC(C4)C2)C3)cc1)C1CCN(S(=O)(=O)CCCc2ccccc2)CC1. The lowest BCUT2D eigenvalue weighted by Crippen LogP contribution is -2.48. The van der Waals surface area contributed by atoms with E-state index in [-0.39, 0.29) is 17.6 Å². The molecule has 4 aliphatic carbocycles. The second-order valence-electron chi connectivity index (χ2n) is 12.3. The predicted octanol–water partition coefficient (Wildman–Crippen LogP) is 5.77. The number of hydrogen-bond acceptors (Lipinski definition) is 3. The highest BCUT2D eigenvalue weighted by molar-refractivity contribution is 7.89. The molecule has 5 fully saturated rings. The van der Waals surface area contributed by atoms with E-state index >= 15 is 0 Å². The van der Waals surface area contributed by atoms with Crippen LogP contribution in [0.15, 0.2) is 54.6 Å². The van der Waals surface area contributed by atoms with Gasteiger partial charge in [-0.25, -0.2) is 12.7 Å². The molecule has 198 valence electrons. The first-order valence-corrected chi connectivity index (χ1v) is 15.9. The van der Waals surface area contributed by atoms with Crippen molar-refractivity contribution in [1.29, 1.82) is 0 Å². The summed E-state index contributed by atoms with van der Waals surface area (Å²) >= 11 is 0. The number of nitrogens with zero attached hydrogens (tertiary/aromatic N) is 1. The van der Waals surface area contributed by atoms with E-state index in [9.17, 15) is 13.2 Å². The van der Waals surface area contributed by atoms with E-state index in [2.05, 4.69) is 29.6 Å². The van der Waals surface area contributed by atoms with Crippen LogP contribution >= 0.6 is 0 Å². The summed E-state index contributed by atoms with van der Waals surface area (Å²) in [6.45, 7) is 0.855. The minimum Gasteiger partial charge on any atom is -0.326 e. The molecule has 4 bridgehead atoms. The number of sulfonamides is 1. The highest BCUT2D eigenvalue weighted by Gasteiger charge is 2.51. The molecule has 6 heteroatoms. The maximum atomic E-state index is 13.0. The van der Waals surface area contributed by atoms with Crippen molar-refractivity contribution < 1.29 is 13.2 Å². The molecule has 0 radical (unpaired) electrons. The molecular formula is C31H40N2O3S. The number of piperidine rings is 1. The van der Waals surface area contributed by atoms with Crippen LogP contribution in [0.4, 0.5) is 5.69 Å². The topological polar surface area (TPSA) is 66.5 Å². The summed E-state index contributed by atoms with van der Waals surface area (Å²) < 4.78 is 27.2. The van der Waals surface area contributed by atoms with Crippen LogP contribution in [0.1, 0.15) is 68.9 Å². The Labute approximate surface area is 222 Å². The highest BCUT2D eigenvalue weighted by atomic mass is 32.2. The van der Waals surface area contributed by atoms with Crippen molar-refractivity contribution in [1.82, 2.24) is 4.31 Å². The van der Waals surface area contributed by atoms with Crippen LogP contribution in [0.3, 0.4) is 0 Å². The van der Waals surface area contributed by atoms with Crippen LogP contribution in [-0.2, 0) is 26.7 Å². The van der Waals surface area contributed by atoms with Crippen molar-refractivity contribution in [2.75, 3.05) is 24.2 Å². The molecule has 0 aromatic heterocycles. The number of benzene rings is 2. The maximum absolute atomic E-state index is 13.0. The molecule has 4 saturated carbocycles. The molecule has 2 aromatic carbocycles. The molecule has 37 heavy (non-hydrogen) atoms. The lowest BCUT2D eigenvalue weighted by molar-refractivity contribution is -0.120. The number of carbonyl (C=O) groups excluding carboxylic acids is 1. The van der Waals surface area contributed by atoms with Gasteiger partial charge in [0.1, 0.15) is 0 Å². The summed E-state index contributed by atoms with van der Waals surface area (Å²) in [6.07, 6.45) is 10.9. The van der Waals surface area contributed by atoms with Gasteiger partial charge in [0.2, 0.25) is 15.9 Å². The second kappa shape index (κ2) is 10.2. The average molecular weight is 521 g/mol. The van der Waals surface area contributed by atoms with E-state index in [4.69, 9.17) is 0 Å². The van der Waals surface area contributed by atoms with Gasteiger partial charge >= 0.3 is 0 Å². The number of aryl methyl sites for hydroxylation is 1. The van der Waals surface area contributed by atoms with Gasteiger partial charge in [-0.2, -0.15) is 0 Å². The largest absolute Gasteiger partial charge is 0.326 e. The molecule has 0 atom stereocenters. The smallest absolute Gasteiger partial charge is 0.227 e. The van der Waals surface area contributed by atoms with Crippen molar-refractivity contribution in [3.05, 3.63) is 65.7 Å². The Morgan fingerprint density at radius 1 is 0.865 bits per heavy atom. The van der Waals surface area contributed by atoms with Crippen LogP contribution in [0.5, 0.6) is 0 Å². The molecule has 1 saturated heterocycles. The van der Waals surface area contributed by atoms with Gasteiger partial charge in [0.25, 0.3) is 0 Å². The van der Waals surface area contributed by atoms with Crippen LogP contribution < -0.4 is 5.32 Å². The van der Waals surface area contributed by atoms with Gasteiger partial charge in [-0.3, -0.25) is 4.79 Å². The summed E-state index contributed by atoms with van der Waals surface area (Å²) in [7, 11) is -3.28. The molecule has 1 N–H and O–H groups in total. The number of anilines is 1. The zero-order valence-electron chi connectivity index (χ0n) is 21.8. The molecule has 0 spiro atoms. The minimum atomic E-state index is -3.28. The van der Waals surface area contributed by atoms with E-state index in [1.165, 1.54) is 49.7 Å². The second-order valence-corrected chi connectivity index (χ2v) is 14.4. The summed E-state index contributed by atoms with van der Waals surface area (Å²) in [4.78, 5) is 13.0. The summed E-state index contributed by atoms with van der Waals surface area (Å²) in [5.74, 6) is 2.80. The third-order valence-corrected chi connectivity index (χ3v) is 11.7. The number of amides is 1. The molecule has 1 amide bonds. The van der Waals surface area contributed by atoms with Crippen LogP contribution in [0, 0.1) is 23.7 Å². The fourth-order valence-electron chi connectivity index (χ4n) is 8.24. The summed E-state index contributed by atoms with van der Waals surface area (Å²) in [6, 6.07) is 18.7. The molecular weight excluding hydrogens is 480 g/mol. The number of nitrogens with one attached hydrogen (secondary N) is 1. The minimum absolute atomic E-state index is 0.0173. The Hall–Kier alpha value is -2.18. The van der Waals surface area contributed by atoms with E-state index < -0.39 is 10.0 Å². The van der Waals surface area contributed by atoms with E-state index in [1.54, 1.807) is 4.31 Å². The van der Waals surface area contributed by atoms with Gasteiger partial charge in [0.05, 0.1) is 5.75 Å². The van der Waals surface area contributed by atoms with Crippen LogP contribution in [0.25, 0.3) is 0 Å². The van der Waals surface area contributed by atoms with Gasteiger partial charge in [0, 0.05) is 24.7 Å². The lowest BCUT2D eigenvalue weighted by atomic mass is 9.48. The lowest BCUT2D eigenvalue weighted by Gasteiger charge is -2.57. The third-order valence-electron chi connectivity index (χ3n) is 9.73. The Morgan fingerprint density at radius 2 is 1.46 bits per heavy atom. The highest BCUT2D eigenvalue weighted by Crippen LogP contribution is 2.60. The number of carbonyl (C=O) groups is 1.